The molecule has 6 nitrogen and oxygen atoms in total. The van der Waals surface area contributed by atoms with Crippen LogP contribution in [0.3, 0.4) is 0 Å². The van der Waals surface area contributed by atoms with Gasteiger partial charge in [-0.3, -0.25) is 4.79 Å². The van der Waals surface area contributed by atoms with Crippen molar-refractivity contribution in [1.82, 2.24) is 4.31 Å². The zero-order valence-corrected chi connectivity index (χ0v) is 14.5. The number of amides is 1. The molecular weight excluding hydrogens is 340 g/mol. The number of sulfonamides is 1. The smallest absolute Gasteiger partial charge is 0.249 e. The highest BCUT2D eigenvalue weighted by Crippen LogP contribution is 2.45. The lowest BCUT2D eigenvalue weighted by atomic mass is 9.78. The van der Waals surface area contributed by atoms with Gasteiger partial charge in [-0.1, -0.05) is 28.5 Å². The Labute approximate surface area is 147 Å². The third-order valence-electron chi connectivity index (χ3n) is 5.01. The van der Waals surface area contributed by atoms with E-state index in [0.717, 1.165) is 11.3 Å². The van der Waals surface area contributed by atoms with Gasteiger partial charge in [0.1, 0.15) is 5.75 Å². The average Bonchev–Trinajstić information content (AvgIpc) is 2.59. The maximum atomic E-state index is 13.1. The lowest BCUT2D eigenvalue weighted by molar-refractivity contribution is -0.131. The first-order valence-electron chi connectivity index (χ1n) is 8.04. The number of anilines is 1. The average molecular weight is 358 g/mol. The Bertz CT molecular complexity index is 900. The summed E-state index contributed by atoms with van der Waals surface area (Å²) in [5.41, 5.74) is 0.660. The van der Waals surface area contributed by atoms with E-state index in [1.165, 1.54) is 23.5 Å². The lowest BCUT2D eigenvalue weighted by Gasteiger charge is -2.51. The number of benzene rings is 2. The Balaban J connectivity index is 1.72. The normalized spacial score (nSPS) is 24.8. The molecule has 1 amide bonds. The first-order chi connectivity index (χ1) is 12.0. The summed E-state index contributed by atoms with van der Waals surface area (Å²) < 4.78 is 32.7. The van der Waals surface area contributed by atoms with E-state index in [1.54, 1.807) is 12.1 Å². The number of methoxy groups -OCH3 is 1. The second kappa shape index (κ2) is 5.66. The summed E-state index contributed by atoms with van der Waals surface area (Å²) in [6.45, 7) is 0.329. The first-order valence-corrected chi connectivity index (χ1v) is 9.48. The predicted molar refractivity (Wildman–Crippen MR) is 92.9 cm³/mol. The summed E-state index contributed by atoms with van der Waals surface area (Å²) in [7, 11) is -2.30. The van der Waals surface area contributed by atoms with E-state index in [9.17, 15) is 13.6 Å². The maximum Gasteiger partial charge on any atom is 0.249 e. The fourth-order valence-corrected chi connectivity index (χ4v) is 5.35. The van der Waals surface area contributed by atoms with Gasteiger partial charge in [-0.2, -0.15) is 0 Å². The second-order valence-electron chi connectivity index (χ2n) is 6.33. The molecule has 0 aliphatic carbocycles. The van der Waals surface area contributed by atoms with Gasteiger partial charge >= 0.3 is 0 Å². The number of hydrogen-bond donors (Lipinski definition) is 1. The monoisotopic (exact) mass is 358 g/mol. The van der Waals surface area contributed by atoms with Crippen LogP contribution < -0.4 is 10.1 Å². The van der Waals surface area contributed by atoms with Gasteiger partial charge in [0.15, 0.2) is 20.8 Å². The van der Waals surface area contributed by atoms with E-state index in [4.69, 9.17) is 4.74 Å². The van der Waals surface area contributed by atoms with E-state index in [-0.39, 0.29) is 10.8 Å². The molecule has 1 N–H and O–H groups in total. The van der Waals surface area contributed by atoms with Gasteiger partial charge in [-0.05, 0) is 30.2 Å². The molecule has 2 aromatic carbocycles. The van der Waals surface area contributed by atoms with Gasteiger partial charge < -0.3 is 14.6 Å². The van der Waals surface area contributed by atoms with E-state index < -0.39 is 15.9 Å². The number of nitrogens with zero attached hydrogens (tertiary/aromatic N) is 1. The molecule has 1 spiro atoms. The van der Waals surface area contributed by atoms with E-state index in [0.29, 0.717) is 25.1 Å². The number of para-hydroxylation sites is 1. The zero-order chi connectivity index (χ0) is 17.7. The summed E-state index contributed by atoms with van der Waals surface area (Å²) in [6.07, 6.45) is 0.897. The van der Waals surface area contributed by atoms with Crippen molar-refractivity contribution < 1.29 is 18.3 Å². The molecule has 0 aromatic heterocycles. The number of rotatable bonds is 3. The fraction of sp³-hybridized carbons (Fsp3) is 0.278. The van der Waals surface area contributed by atoms with E-state index in [1.807, 2.05) is 24.3 Å². The third kappa shape index (κ3) is 2.38. The molecular formula is C18H18N2O4S. The molecule has 2 unspecified atom stereocenters. The summed E-state index contributed by atoms with van der Waals surface area (Å²) in [5.74, 6) is 0.206. The number of ether oxygens (including phenoxy) is 1. The number of carbonyl (C=O) groups excluding carboxylic acids is 1. The molecule has 2 atom stereocenters. The summed E-state index contributed by atoms with van der Waals surface area (Å²) in [4.78, 5) is 12.9. The summed E-state index contributed by atoms with van der Waals surface area (Å²) in [6, 6.07) is 13.8. The second-order valence-corrected chi connectivity index (χ2v) is 8.19. The molecule has 2 aliphatic rings. The van der Waals surface area contributed by atoms with Crippen molar-refractivity contribution >= 4 is 22.0 Å². The highest BCUT2D eigenvalue weighted by molar-refractivity contribution is 7.95. The number of hydrogen-bond acceptors (Lipinski definition) is 4. The standard InChI is InChI=1S/C18H18N2O4S/c1-24-14-6-4-7-15(11-14)25(22,23)20-10-9-18(20)12-13-5-2-3-8-16(13)19-17(18)21/h2-8,11H,9-10,12H2,1H3,(H-,19,21,22,23). The van der Waals surface area contributed by atoms with Crippen LogP contribution in [-0.4, -0.2) is 34.0 Å². The van der Waals surface area contributed by atoms with Crippen LogP contribution in [0.1, 0.15) is 12.0 Å². The molecule has 2 aliphatic heterocycles. The van der Waals surface area contributed by atoms with E-state index in [2.05, 4.69) is 5.32 Å². The van der Waals surface area contributed by atoms with Crippen LogP contribution in [0, 0.1) is 0 Å². The molecule has 0 bridgehead atoms. The van der Waals surface area contributed by atoms with Crippen molar-refractivity contribution in [2.24, 2.45) is 0 Å². The molecule has 25 heavy (non-hydrogen) atoms. The van der Waals surface area contributed by atoms with Crippen LogP contribution in [0.4, 0.5) is 5.69 Å². The van der Waals surface area contributed by atoms with Gasteiger partial charge in [-0.25, -0.2) is 0 Å². The molecule has 2 aromatic rings. The molecule has 2 heterocycles. The highest BCUT2D eigenvalue weighted by atomic mass is 32.3. The first kappa shape index (κ1) is 16.3. The molecule has 7 heteroatoms. The van der Waals surface area contributed by atoms with Crippen LogP contribution >= 0.6 is 0 Å². The Hall–Kier alpha value is -2.22. The summed E-state index contributed by atoms with van der Waals surface area (Å²) in [5, 5.41) is 2.86. The van der Waals surface area contributed by atoms with Gasteiger partial charge in [0.2, 0.25) is 5.91 Å². The van der Waals surface area contributed by atoms with Crippen molar-refractivity contribution in [2.45, 2.75) is 23.3 Å². The number of carbonyl (C=O) groups is 1. The summed E-state index contributed by atoms with van der Waals surface area (Å²) >= 11 is 0. The lowest BCUT2D eigenvalue weighted by Crippen LogP contribution is -2.71. The predicted octanol–water partition coefficient (Wildman–Crippen LogP) is 2.24. The van der Waals surface area contributed by atoms with Crippen molar-refractivity contribution in [2.75, 3.05) is 19.0 Å². The van der Waals surface area contributed by atoms with Crippen LogP contribution in [0.25, 0.3) is 0 Å². The number of fused-ring (bicyclic) bond motifs is 1. The molecule has 4 rings (SSSR count). The Morgan fingerprint density at radius 3 is 2.76 bits per heavy atom. The van der Waals surface area contributed by atoms with E-state index >= 15 is 0 Å². The Morgan fingerprint density at radius 2 is 2.04 bits per heavy atom. The zero-order valence-electron chi connectivity index (χ0n) is 13.7. The van der Waals surface area contributed by atoms with Crippen LogP contribution in [-0.2, 0) is 25.8 Å². The fourth-order valence-electron chi connectivity index (χ4n) is 3.55. The molecule has 130 valence electrons. The third-order valence-corrected chi connectivity index (χ3v) is 6.97. The Morgan fingerprint density at radius 1 is 1.24 bits per heavy atom. The largest absolute Gasteiger partial charge is 0.593 e. The topological polar surface area (TPSA) is 81.7 Å². The van der Waals surface area contributed by atoms with Crippen LogP contribution in [0.2, 0.25) is 0 Å². The maximum absolute atomic E-state index is 13.1. The van der Waals surface area contributed by atoms with Crippen molar-refractivity contribution in [3.63, 3.8) is 0 Å². The minimum Gasteiger partial charge on any atom is -0.593 e. The minimum absolute atomic E-state index is 0.137. The van der Waals surface area contributed by atoms with Crippen LogP contribution in [0.15, 0.2) is 53.4 Å². The SMILES string of the molecule is COc1cccc([S+](=O)([O-])N2CCC23Cc2ccccc2NC3=O)c1. The van der Waals surface area contributed by atoms with Gasteiger partial charge in [0.25, 0.3) is 0 Å². The van der Waals surface area contributed by atoms with Gasteiger partial charge in [0.05, 0.1) is 7.11 Å². The van der Waals surface area contributed by atoms with Crippen molar-refractivity contribution in [1.29, 1.82) is 0 Å². The number of nitrogens with one attached hydrogen (secondary N) is 1. The quantitative estimate of drug-likeness (QED) is 0.853. The molecule has 1 fully saturated rings. The molecule has 1 saturated heterocycles. The van der Waals surface area contributed by atoms with Crippen molar-refractivity contribution in [3.8, 4) is 5.75 Å². The molecule has 0 saturated carbocycles. The minimum atomic E-state index is -3.79. The highest BCUT2D eigenvalue weighted by Gasteiger charge is 2.61. The van der Waals surface area contributed by atoms with Crippen LogP contribution in [0.5, 0.6) is 5.75 Å². The van der Waals surface area contributed by atoms with Crippen molar-refractivity contribution in [3.05, 3.63) is 54.1 Å². The Kier molecular flexibility index (Phi) is 3.68. The molecule has 0 radical (unpaired) electrons. The van der Waals surface area contributed by atoms with Gasteiger partial charge in [0, 0.05) is 24.7 Å². The van der Waals surface area contributed by atoms with Gasteiger partial charge in [-0.15, -0.1) is 4.31 Å².